The number of amides is 1. The van der Waals surface area contributed by atoms with Crippen LogP contribution in [0.25, 0.3) is 0 Å². The van der Waals surface area contributed by atoms with Crippen molar-refractivity contribution in [2.75, 3.05) is 0 Å². The minimum absolute atomic E-state index is 0.00549. The second-order valence-electron chi connectivity index (χ2n) is 5.34. The smallest absolute Gasteiger partial charge is 0.408 e. The summed E-state index contributed by atoms with van der Waals surface area (Å²) in [7, 11) is 0. The lowest BCUT2D eigenvalue weighted by molar-refractivity contribution is 0.0491. The molecule has 3 N–H and O–H groups in total. The van der Waals surface area contributed by atoms with Crippen LogP contribution in [0.2, 0.25) is 0 Å². The van der Waals surface area contributed by atoms with Crippen LogP contribution in [0.4, 0.5) is 4.79 Å². The average molecular weight is 214 g/mol. The Morgan fingerprint density at radius 3 is 2.27 bits per heavy atom. The van der Waals surface area contributed by atoms with Gasteiger partial charge in [0.2, 0.25) is 0 Å². The molecule has 1 fully saturated rings. The van der Waals surface area contributed by atoms with Crippen molar-refractivity contribution in [2.24, 2.45) is 5.73 Å². The van der Waals surface area contributed by atoms with E-state index in [0.717, 1.165) is 25.7 Å². The second kappa shape index (κ2) is 4.39. The van der Waals surface area contributed by atoms with Gasteiger partial charge in [-0.15, -0.1) is 0 Å². The fourth-order valence-corrected chi connectivity index (χ4v) is 2.39. The molecule has 1 saturated carbocycles. The Kier molecular flexibility index (Phi) is 3.60. The zero-order valence-corrected chi connectivity index (χ0v) is 9.86. The van der Waals surface area contributed by atoms with E-state index in [4.69, 9.17) is 5.73 Å². The van der Waals surface area contributed by atoms with Crippen molar-refractivity contribution in [3.8, 4) is 0 Å². The van der Waals surface area contributed by atoms with E-state index in [1.807, 2.05) is 20.8 Å². The van der Waals surface area contributed by atoms with Crippen LogP contribution in [0.5, 0.6) is 0 Å². The van der Waals surface area contributed by atoms with Gasteiger partial charge in [0, 0.05) is 11.6 Å². The lowest BCUT2D eigenvalue weighted by Crippen LogP contribution is -2.58. The van der Waals surface area contributed by atoms with Crippen molar-refractivity contribution in [2.45, 2.75) is 64.1 Å². The molecule has 0 radical (unpaired) electrons. The highest BCUT2D eigenvalue weighted by atomic mass is 16.4. The summed E-state index contributed by atoms with van der Waals surface area (Å²) in [5.41, 5.74) is 5.64. The summed E-state index contributed by atoms with van der Waals surface area (Å²) in [5.74, 6) is 0. The van der Waals surface area contributed by atoms with Gasteiger partial charge in [-0.25, -0.2) is 4.79 Å². The van der Waals surface area contributed by atoms with Gasteiger partial charge in [-0.1, -0.05) is 12.8 Å². The van der Waals surface area contributed by atoms with E-state index in [2.05, 4.69) is 0 Å². The molecule has 0 heterocycles. The number of nitrogens with two attached hydrogens (primary N) is 1. The highest BCUT2D eigenvalue weighted by Crippen LogP contribution is 2.27. The number of carboxylic acid groups (broad SMARTS) is 1. The van der Waals surface area contributed by atoms with Gasteiger partial charge in [-0.3, -0.25) is 4.90 Å². The number of rotatable bonds is 1. The zero-order valence-electron chi connectivity index (χ0n) is 9.86. The zero-order chi connectivity index (χ0) is 11.6. The summed E-state index contributed by atoms with van der Waals surface area (Å²) in [6, 6.07) is -0.0228. The molecule has 1 aliphatic carbocycles. The lowest BCUT2D eigenvalue weighted by Gasteiger charge is -2.44. The standard InChI is InChI=1S/C11H22N2O2/c1-11(2,3)13(10(14)15)9-7-5-4-6-8(9)12/h8-9H,4-7,12H2,1-3H3,(H,14,15)/t8-,9+/m0/s1. The summed E-state index contributed by atoms with van der Waals surface area (Å²) in [5, 5.41) is 9.25. The van der Waals surface area contributed by atoms with Gasteiger partial charge in [-0.05, 0) is 33.6 Å². The van der Waals surface area contributed by atoms with Gasteiger partial charge in [0.15, 0.2) is 0 Å². The molecular weight excluding hydrogens is 192 g/mol. The van der Waals surface area contributed by atoms with Crippen LogP contribution in [0, 0.1) is 0 Å². The van der Waals surface area contributed by atoms with Crippen LogP contribution in [0.3, 0.4) is 0 Å². The summed E-state index contributed by atoms with van der Waals surface area (Å²) < 4.78 is 0. The molecule has 88 valence electrons. The molecule has 4 heteroatoms. The predicted molar refractivity (Wildman–Crippen MR) is 59.8 cm³/mol. The molecule has 0 aromatic carbocycles. The number of carbonyl (C=O) groups is 1. The molecule has 1 amide bonds. The largest absolute Gasteiger partial charge is 0.465 e. The van der Waals surface area contributed by atoms with E-state index in [1.54, 1.807) is 0 Å². The minimum atomic E-state index is -0.857. The van der Waals surface area contributed by atoms with Crippen LogP contribution in [0.1, 0.15) is 46.5 Å². The summed E-state index contributed by atoms with van der Waals surface area (Å²) in [6.07, 6.45) is 3.17. The first-order chi connectivity index (χ1) is 6.84. The van der Waals surface area contributed by atoms with Gasteiger partial charge in [0.05, 0.1) is 6.04 Å². The van der Waals surface area contributed by atoms with E-state index < -0.39 is 6.09 Å². The van der Waals surface area contributed by atoms with Crippen molar-refractivity contribution in [1.29, 1.82) is 0 Å². The SMILES string of the molecule is CC(C)(C)N(C(=O)O)[C@@H]1CCCC[C@@H]1N. The van der Waals surface area contributed by atoms with Gasteiger partial charge in [-0.2, -0.15) is 0 Å². The Morgan fingerprint density at radius 1 is 1.33 bits per heavy atom. The molecule has 0 bridgehead atoms. The molecule has 0 spiro atoms. The average Bonchev–Trinajstić information content (AvgIpc) is 2.05. The van der Waals surface area contributed by atoms with Gasteiger partial charge >= 0.3 is 6.09 Å². The van der Waals surface area contributed by atoms with Gasteiger partial charge < -0.3 is 10.8 Å². The molecule has 0 aliphatic heterocycles. The molecule has 0 aromatic heterocycles. The third kappa shape index (κ3) is 2.84. The Hall–Kier alpha value is -0.770. The van der Waals surface area contributed by atoms with E-state index in [-0.39, 0.29) is 17.6 Å². The van der Waals surface area contributed by atoms with E-state index >= 15 is 0 Å². The maximum Gasteiger partial charge on any atom is 0.408 e. The molecule has 0 unspecified atom stereocenters. The van der Waals surface area contributed by atoms with Crippen molar-refractivity contribution < 1.29 is 9.90 Å². The Morgan fingerprint density at radius 2 is 1.87 bits per heavy atom. The van der Waals surface area contributed by atoms with Crippen LogP contribution in [-0.2, 0) is 0 Å². The molecule has 0 saturated heterocycles. The van der Waals surface area contributed by atoms with E-state index in [0.29, 0.717) is 0 Å². The van der Waals surface area contributed by atoms with Gasteiger partial charge in [0.25, 0.3) is 0 Å². The van der Waals surface area contributed by atoms with Crippen molar-refractivity contribution in [1.82, 2.24) is 4.90 Å². The van der Waals surface area contributed by atoms with Crippen LogP contribution >= 0.6 is 0 Å². The van der Waals surface area contributed by atoms with Crippen molar-refractivity contribution in [3.05, 3.63) is 0 Å². The third-order valence-electron chi connectivity index (χ3n) is 3.04. The Bertz CT molecular complexity index is 235. The molecule has 0 aromatic rings. The Balaban J connectivity index is 2.83. The molecule has 4 nitrogen and oxygen atoms in total. The number of hydrogen-bond acceptors (Lipinski definition) is 2. The predicted octanol–water partition coefficient (Wildman–Crippen LogP) is 2.03. The van der Waals surface area contributed by atoms with Crippen LogP contribution in [0.15, 0.2) is 0 Å². The summed E-state index contributed by atoms with van der Waals surface area (Å²) >= 11 is 0. The summed E-state index contributed by atoms with van der Waals surface area (Å²) in [4.78, 5) is 12.8. The fraction of sp³-hybridized carbons (Fsp3) is 0.909. The maximum absolute atomic E-state index is 11.3. The summed E-state index contributed by atoms with van der Waals surface area (Å²) in [6.45, 7) is 5.76. The second-order valence-corrected chi connectivity index (χ2v) is 5.34. The van der Waals surface area contributed by atoms with Gasteiger partial charge in [0.1, 0.15) is 0 Å². The topological polar surface area (TPSA) is 66.6 Å². The van der Waals surface area contributed by atoms with E-state index in [9.17, 15) is 9.90 Å². The quantitative estimate of drug-likeness (QED) is 0.702. The molecule has 15 heavy (non-hydrogen) atoms. The van der Waals surface area contributed by atoms with Crippen LogP contribution in [-0.4, -0.2) is 33.7 Å². The van der Waals surface area contributed by atoms with Crippen LogP contribution < -0.4 is 5.73 Å². The van der Waals surface area contributed by atoms with Crippen molar-refractivity contribution in [3.63, 3.8) is 0 Å². The monoisotopic (exact) mass is 214 g/mol. The molecule has 1 rings (SSSR count). The number of nitrogens with zero attached hydrogens (tertiary/aromatic N) is 1. The third-order valence-corrected chi connectivity index (χ3v) is 3.04. The Labute approximate surface area is 91.4 Å². The van der Waals surface area contributed by atoms with E-state index in [1.165, 1.54) is 4.90 Å². The first-order valence-corrected chi connectivity index (χ1v) is 5.62. The number of hydrogen-bond donors (Lipinski definition) is 2. The van der Waals surface area contributed by atoms with Crippen molar-refractivity contribution >= 4 is 6.09 Å². The highest BCUT2D eigenvalue weighted by Gasteiger charge is 2.37. The minimum Gasteiger partial charge on any atom is -0.465 e. The lowest BCUT2D eigenvalue weighted by atomic mass is 9.87. The first kappa shape index (κ1) is 12.3. The highest BCUT2D eigenvalue weighted by molar-refractivity contribution is 5.66. The normalized spacial score (nSPS) is 27.5. The maximum atomic E-state index is 11.3. The molecule has 1 aliphatic rings. The first-order valence-electron chi connectivity index (χ1n) is 5.62. The molecule has 2 atom stereocenters. The molecular formula is C11H22N2O2. The fourth-order valence-electron chi connectivity index (χ4n) is 2.39.